The van der Waals surface area contributed by atoms with Crippen LogP contribution < -0.4 is 5.32 Å². The lowest BCUT2D eigenvalue weighted by atomic mass is 9.80. The van der Waals surface area contributed by atoms with Crippen LogP contribution in [0.4, 0.5) is 0 Å². The van der Waals surface area contributed by atoms with E-state index in [9.17, 15) is 4.79 Å². The first-order chi connectivity index (χ1) is 8.66. The van der Waals surface area contributed by atoms with Gasteiger partial charge in [-0.1, -0.05) is 26.2 Å². The highest BCUT2D eigenvalue weighted by Crippen LogP contribution is 2.28. The summed E-state index contributed by atoms with van der Waals surface area (Å²) in [5, 5.41) is 3.04. The van der Waals surface area contributed by atoms with Gasteiger partial charge in [-0.25, -0.2) is 4.98 Å². The minimum absolute atomic E-state index is 0.00382. The fourth-order valence-electron chi connectivity index (χ4n) is 2.57. The van der Waals surface area contributed by atoms with Gasteiger partial charge in [0.1, 0.15) is 4.60 Å². The van der Waals surface area contributed by atoms with Crippen LogP contribution in [0.25, 0.3) is 0 Å². The Balaban J connectivity index is 1.88. The summed E-state index contributed by atoms with van der Waals surface area (Å²) >= 11 is 3.28. The maximum Gasteiger partial charge on any atom is 0.251 e. The lowest BCUT2D eigenvalue weighted by molar-refractivity contribution is 0.0936. The summed E-state index contributed by atoms with van der Waals surface area (Å²) in [4.78, 5) is 16.0. The summed E-state index contributed by atoms with van der Waals surface area (Å²) in [7, 11) is 0. The third-order valence-corrected chi connectivity index (χ3v) is 4.24. The number of aromatic nitrogens is 1. The Morgan fingerprint density at radius 1 is 1.50 bits per heavy atom. The largest absolute Gasteiger partial charge is 0.352 e. The van der Waals surface area contributed by atoms with Gasteiger partial charge < -0.3 is 5.32 Å². The molecule has 98 valence electrons. The van der Waals surface area contributed by atoms with E-state index in [2.05, 4.69) is 33.2 Å². The van der Waals surface area contributed by atoms with Crippen LogP contribution in [0, 0.1) is 11.8 Å². The molecule has 0 bridgehead atoms. The van der Waals surface area contributed by atoms with Crippen molar-refractivity contribution in [1.29, 1.82) is 0 Å². The number of hydrogen-bond acceptors (Lipinski definition) is 2. The summed E-state index contributed by atoms with van der Waals surface area (Å²) in [6.07, 6.45) is 6.81. The Kier molecular flexibility index (Phi) is 4.75. The molecule has 1 fully saturated rings. The van der Waals surface area contributed by atoms with E-state index in [0.717, 1.165) is 12.5 Å². The molecule has 3 nitrogen and oxygen atoms in total. The van der Waals surface area contributed by atoms with Gasteiger partial charge in [0, 0.05) is 18.3 Å². The summed E-state index contributed by atoms with van der Waals surface area (Å²) in [6.45, 7) is 3.08. The van der Waals surface area contributed by atoms with Gasteiger partial charge in [-0.2, -0.15) is 0 Å². The number of rotatable bonds is 3. The van der Waals surface area contributed by atoms with Crippen LogP contribution in [0.2, 0.25) is 0 Å². The first kappa shape index (κ1) is 13.5. The molecule has 0 aromatic carbocycles. The Bertz CT molecular complexity index is 422. The number of halogens is 1. The summed E-state index contributed by atoms with van der Waals surface area (Å²) in [6, 6.07) is 3.49. The molecule has 2 rings (SSSR count). The van der Waals surface area contributed by atoms with Gasteiger partial charge in [-0.3, -0.25) is 4.79 Å². The molecule has 1 aromatic heterocycles. The summed E-state index contributed by atoms with van der Waals surface area (Å²) in [5.41, 5.74) is 0.667. The molecule has 0 radical (unpaired) electrons. The van der Waals surface area contributed by atoms with E-state index in [1.807, 2.05) is 0 Å². The molecule has 1 aliphatic rings. The first-order valence-electron chi connectivity index (χ1n) is 6.56. The average Bonchev–Trinajstić information content (AvgIpc) is 2.37. The normalized spacial score (nSPS) is 23.7. The zero-order chi connectivity index (χ0) is 13.0. The number of carbonyl (C=O) groups excluding carboxylic acids is 1. The maximum absolute atomic E-state index is 12.0. The zero-order valence-electron chi connectivity index (χ0n) is 10.7. The zero-order valence-corrected chi connectivity index (χ0v) is 12.2. The quantitative estimate of drug-likeness (QED) is 0.869. The predicted molar refractivity (Wildman–Crippen MR) is 75.4 cm³/mol. The van der Waals surface area contributed by atoms with Crippen molar-refractivity contribution in [2.24, 2.45) is 11.8 Å². The van der Waals surface area contributed by atoms with Gasteiger partial charge in [0.15, 0.2) is 0 Å². The van der Waals surface area contributed by atoms with Crippen LogP contribution in [0.1, 0.15) is 43.0 Å². The van der Waals surface area contributed by atoms with E-state index in [1.165, 1.54) is 25.7 Å². The SMILES string of the molecule is CC1CCCCC1CNC(=O)c1ccnc(Br)c1. The number of nitrogens with zero attached hydrogens (tertiary/aromatic N) is 1. The third-order valence-electron chi connectivity index (χ3n) is 3.80. The number of carbonyl (C=O) groups is 1. The van der Waals surface area contributed by atoms with Crippen molar-refractivity contribution in [2.45, 2.75) is 32.6 Å². The number of amides is 1. The first-order valence-corrected chi connectivity index (χ1v) is 7.36. The second kappa shape index (κ2) is 6.32. The Morgan fingerprint density at radius 3 is 3.00 bits per heavy atom. The molecule has 1 aliphatic carbocycles. The van der Waals surface area contributed by atoms with E-state index in [4.69, 9.17) is 0 Å². The molecule has 0 saturated heterocycles. The molecule has 1 heterocycles. The number of pyridine rings is 1. The van der Waals surface area contributed by atoms with Crippen molar-refractivity contribution in [2.75, 3.05) is 6.54 Å². The highest BCUT2D eigenvalue weighted by atomic mass is 79.9. The predicted octanol–water partition coefficient (Wildman–Crippen LogP) is 3.40. The number of nitrogens with one attached hydrogen (secondary N) is 1. The highest BCUT2D eigenvalue weighted by Gasteiger charge is 2.21. The maximum atomic E-state index is 12.0. The molecule has 1 N–H and O–H groups in total. The molecule has 0 aliphatic heterocycles. The molecule has 4 heteroatoms. The van der Waals surface area contributed by atoms with Crippen LogP contribution in [0.5, 0.6) is 0 Å². The standard InChI is InChI=1S/C14H19BrN2O/c1-10-4-2-3-5-12(10)9-17-14(18)11-6-7-16-13(15)8-11/h6-8,10,12H,2-5,9H2,1H3,(H,17,18). The minimum atomic E-state index is -0.00382. The van der Waals surface area contributed by atoms with Gasteiger partial charge in [-0.05, 0) is 46.3 Å². The molecule has 1 aromatic rings. The third kappa shape index (κ3) is 3.55. The van der Waals surface area contributed by atoms with Crippen molar-refractivity contribution in [3.63, 3.8) is 0 Å². The smallest absolute Gasteiger partial charge is 0.251 e. The van der Waals surface area contributed by atoms with Crippen LogP contribution in [0.3, 0.4) is 0 Å². The molecular formula is C14H19BrN2O. The lowest BCUT2D eigenvalue weighted by Gasteiger charge is -2.28. The van der Waals surface area contributed by atoms with Gasteiger partial charge >= 0.3 is 0 Å². The van der Waals surface area contributed by atoms with Gasteiger partial charge in [0.25, 0.3) is 5.91 Å². The van der Waals surface area contributed by atoms with Crippen LogP contribution in [0.15, 0.2) is 22.9 Å². The molecule has 1 amide bonds. The molecule has 2 unspecified atom stereocenters. The summed E-state index contributed by atoms with van der Waals surface area (Å²) < 4.78 is 0.696. The second-order valence-electron chi connectivity index (χ2n) is 5.10. The average molecular weight is 311 g/mol. The summed E-state index contributed by atoms with van der Waals surface area (Å²) in [5.74, 6) is 1.35. The van der Waals surface area contributed by atoms with Crippen LogP contribution in [-0.2, 0) is 0 Å². The van der Waals surface area contributed by atoms with Gasteiger partial charge in [-0.15, -0.1) is 0 Å². The van der Waals surface area contributed by atoms with Crippen molar-refractivity contribution in [3.05, 3.63) is 28.5 Å². The molecule has 1 saturated carbocycles. The molecule has 0 spiro atoms. The van der Waals surface area contributed by atoms with Crippen molar-refractivity contribution < 1.29 is 4.79 Å². The van der Waals surface area contributed by atoms with Crippen molar-refractivity contribution >= 4 is 21.8 Å². The monoisotopic (exact) mass is 310 g/mol. The van der Waals surface area contributed by atoms with Crippen LogP contribution >= 0.6 is 15.9 Å². The van der Waals surface area contributed by atoms with Crippen LogP contribution in [-0.4, -0.2) is 17.4 Å². The highest BCUT2D eigenvalue weighted by molar-refractivity contribution is 9.10. The fourth-order valence-corrected chi connectivity index (χ4v) is 2.93. The van der Waals surface area contributed by atoms with E-state index in [-0.39, 0.29) is 5.91 Å². The lowest BCUT2D eigenvalue weighted by Crippen LogP contribution is -2.33. The fraction of sp³-hybridized carbons (Fsp3) is 0.571. The van der Waals surface area contributed by atoms with E-state index in [1.54, 1.807) is 18.3 Å². The topological polar surface area (TPSA) is 42.0 Å². The van der Waals surface area contributed by atoms with Crippen molar-refractivity contribution in [1.82, 2.24) is 10.3 Å². The van der Waals surface area contributed by atoms with E-state index < -0.39 is 0 Å². The second-order valence-corrected chi connectivity index (χ2v) is 5.91. The van der Waals surface area contributed by atoms with Crippen molar-refractivity contribution in [3.8, 4) is 0 Å². The number of hydrogen-bond donors (Lipinski definition) is 1. The Labute approximate surface area is 117 Å². The molecule has 18 heavy (non-hydrogen) atoms. The Hall–Kier alpha value is -0.900. The van der Waals surface area contributed by atoms with Gasteiger partial charge in [0.2, 0.25) is 0 Å². The van der Waals surface area contributed by atoms with E-state index in [0.29, 0.717) is 16.1 Å². The molecular weight excluding hydrogens is 292 g/mol. The van der Waals surface area contributed by atoms with E-state index >= 15 is 0 Å². The minimum Gasteiger partial charge on any atom is -0.352 e. The van der Waals surface area contributed by atoms with Gasteiger partial charge in [0.05, 0.1) is 0 Å². The Morgan fingerprint density at radius 2 is 2.28 bits per heavy atom. The molecule has 2 atom stereocenters.